The van der Waals surface area contributed by atoms with Crippen LogP contribution >= 0.6 is 11.6 Å². The molecule has 2 rings (SSSR count). The van der Waals surface area contributed by atoms with Crippen molar-refractivity contribution in [3.8, 4) is 11.1 Å². The summed E-state index contributed by atoms with van der Waals surface area (Å²) < 4.78 is 0. The van der Waals surface area contributed by atoms with Crippen molar-refractivity contribution in [1.82, 2.24) is 0 Å². The van der Waals surface area contributed by atoms with Crippen LogP contribution in [0.1, 0.15) is 5.56 Å². The van der Waals surface area contributed by atoms with E-state index in [0.29, 0.717) is 0 Å². The Bertz CT molecular complexity index is 432. The SMILES string of the molecule is Cc1cccc(-c2ccccc2)c1Cl. The fourth-order valence-electron chi connectivity index (χ4n) is 1.49. The maximum absolute atomic E-state index is 6.23. The van der Waals surface area contributed by atoms with E-state index in [1.165, 1.54) is 5.56 Å². The standard InChI is InChI=1S/C13H11Cl/c1-10-6-5-9-12(13(10)14)11-7-3-2-4-8-11/h2-9H,1H3. The van der Waals surface area contributed by atoms with Gasteiger partial charge in [0.2, 0.25) is 0 Å². The highest BCUT2D eigenvalue weighted by Gasteiger charge is 2.03. The first-order valence-corrected chi connectivity index (χ1v) is 4.97. The zero-order valence-electron chi connectivity index (χ0n) is 8.00. The highest BCUT2D eigenvalue weighted by molar-refractivity contribution is 6.34. The Balaban J connectivity index is 2.58. The van der Waals surface area contributed by atoms with Gasteiger partial charge in [0.15, 0.2) is 0 Å². The third kappa shape index (κ3) is 1.66. The van der Waals surface area contributed by atoms with E-state index in [9.17, 15) is 0 Å². The smallest absolute Gasteiger partial charge is 0.0513 e. The summed E-state index contributed by atoms with van der Waals surface area (Å²) in [5.41, 5.74) is 3.39. The highest BCUT2D eigenvalue weighted by Crippen LogP contribution is 2.29. The molecule has 0 saturated heterocycles. The zero-order chi connectivity index (χ0) is 9.97. The maximum atomic E-state index is 6.23. The molecule has 0 spiro atoms. The number of hydrogen-bond acceptors (Lipinski definition) is 0. The molecule has 0 aliphatic heterocycles. The Morgan fingerprint density at radius 3 is 2.29 bits per heavy atom. The van der Waals surface area contributed by atoms with Crippen LogP contribution in [0, 0.1) is 6.92 Å². The second-order valence-corrected chi connectivity index (χ2v) is 3.68. The number of hydrogen-bond donors (Lipinski definition) is 0. The van der Waals surface area contributed by atoms with Gasteiger partial charge in [0.25, 0.3) is 0 Å². The van der Waals surface area contributed by atoms with Gasteiger partial charge < -0.3 is 0 Å². The molecule has 70 valence electrons. The Labute approximate surface area is 89.2 Å². The van der Waals surface area contributed by atoms with Crippen molar-refractivity contribution < 1.29 is 0 Å². The lowest BCUT2D eigenvalue weighted by atomic mass is 10.0. The van der Waals surface area contributed by atoms with Gasteiger partial charge in [0, 0.05) is 5.56 Å². The third-order valence-corrected chi connectivity index (χ3v) is 2.78. The van der Waals surface area contributed by atoms with Crippen LogP contribution in [-0.4, -0.2) is 0 Å². The van der Waals surface area contributed by atoms with Gasteiger partial charge in [-0.25, -0.2) is 0 Å². The molecule has 0 heterocycles. The summed E-state index contributed by atoms with van der Waals surface area (Å²) in [7, 11) is 0. The lowest BCUT2D eigenvalue weighted by Gasteiger charge is -2.06. The first-order valence-electron chi connectivity index (χ1n) is 4.59. The largest absolute Gasteiger partial charge is 0.0834 e. The molecule has 0 atom stereocenters. The van der Waals surface area contributed by atoms with Crippen LogP contribution in [0.3, 0.4) is 0 Å². The lowest BCUT2D eigenvalue weighted by Crippen LogP contribution is -1.81. The zero-order valence-corrected chi connectivity index (χ0v) is 8.75. The monoisotopic (exact) mass is 202 g/mol. The molecule has 14 heavy (non-hydrogen) atoms. The molecule has 1 heteroatoms. The summed E-state index contributed by atoms with van der Waals surface area (Å²) >= 11 is 6.23. The molecule has 2 aromatic carbocycles. The summed E-state index contributed by atoms with van der Waals surface area (Å²) in [6.07, 6.45) is 0. The molecule has 0 amide bonds. The second-order valence-electron chi connectivity index (χ2n) is 3.30. The number of rotatable bonds is 1. The summed E-state index contributed by atoms with van der Waals surface area (Å²) in [5, 5.41) is 0.846. The van der Waals surface area contributed by atoms with Gasteiger partial charge in [-0.15, -0.1) is 0 Å². The van der Waals surface area contributed by atoms with Gasteiger partial charge in [-0.1, -0.05) is 60.1 Å². The van der Waals surface area contributed by atoms with Crippen molar-refractivity contribution in [2.24, 2.45) is 0 Å². The molecule has 0 fully saturated rings. The molecule has 0 N–H and O–H groups in total. The number of aryl methyl sites for hydroxylation is 1. The third-order valence-electron chi connectivity index (χ3n) is 2.28. The van der Waals surface area contributed by atoms with Crippen LogP contribution in [-0.2, 0) is 0 Å². The molecule has 0 aliphatic carbocycles. The Morgan fingerprint density at radius 1 is 0.857 bits per heavy atom. The fraction of sp³-hybridized carbons (Fsp3) is 0.0769. The Kier molecular flexibility index (Phi) is 2.55. The van der Waals surface area contributed by atoms with Crippen LogP contribution in [0.4, 0.5) is 0 Å². The minimum atomic E-state index is 0.846. The molecule has 0 unspecified atom stereocenters. The minimum absolute atomic E-state index is 0.846. The first-order chi connectivity index (χ1) is 6.79. The predicted octanol–water partition coefficient (Wildman–Crippen LogP) is 4.32. The van der Waals surface area contributed by atoms with E-state index in [0.717, 1.165) is 16.1 Å². The molecule has 0 nitrogen and oxygen atoms in total. The topological polar surface area (TPSA) is 0 Å². The van der Waals surface area contributed by atoms with Crippen LogP contribution in [0.15, 0.2) is 48.5 Å². The van der Waals surface area contributed by atoms with Crippen LogP contribution < -0.4 is 0 Å². The van der Waals surface area contributed by atoms with Gasteiger partial charge in [-0.05, 0) is 18.1 Å². The van der Waals surface area contributed by atoms with Crippen molar-refractivity contribution in [3.05, 3.63) is 59.1 Å². The van der Waals surface area contributed by atoms with Crippen LogP contribution in [0.5, 0.6) is 0 Å². The summed E-state index contributed by atoms with van der Waals surface area (Å²) in [6, 6.07) is 16.3. The van der Waals surface area contributed by atoms with E-state index in [1.54, 1.807) is 0 Å². The molecule has 0 aliphatic rings. The Hall–Kier alpha value is -1.27. The molecular formula is C13H11Cl. The van der Waals surface area contributed by atoms with Crippen molar-refractivity contribution >= 4 is 11.6 Å². The summed E-state index contributed by atoms with van der Waals surface area (Å²) in [5.74, 6) is 0. The number of benzene rings is 2. The lowest BCUT2D eigenvalue weighted by molar-refractivity contribution is 1.46. The van der Waals surface area contributed by atoms with Crippen LogP contribution in [0.2, 0.25) is 5.02 Å². The minimum Gasteiger partial charge on any atom is -0.0834 e. The Morgan fingerprint density at radius 2 is 1.57 bits per heavy atom. The van der Waals surface area contributed by atoms with Crippen molar-refractivity contribution in [3.63, 3.8) is 0 Å². The maximum Gasteiger partial charge on any atom is 0.0513 e. The predicted molar refractivity (Wildman–Crippen MR) is 61.6 cm³/mol. The van der Waals surface area contributed by atoms with E-state index in [4.69, 9.17) is 11.6 Å². The van der Waals surface area contributed by atoms with Gasteiger partial charge in [-0.2, -0.15) is 0 Å². The first kappa shape index (κ1) is 9.29. The molecule has 0 bridgehead atoms. The molecule has 2 aromatic rings. The molecule has 0 saturated carbocycles. The molecular weight excluding hydrogens is 192 g/mol. The van der Waals surface area contributed by atoms with E-state index in [-0.39, 0.29) is 0 Å². The quantitative estimate of drug-likeness (QED) is 0.646. The van der Waals surface area contributed by atoms with Crippen molar-refractivity contribution in [2.45, 2.75) is 6.92 Å². The molecule has 0 aromatic heterocycles. The van der Waals surface area contributed by atoms with E-state index in [1.807, 2.05) is 43.3 Å². The van der Waals surface area contributed by atoms with Crippen LogP contribution in [0.25, 0.3) is 11.1 Å². The van der Waals surface area contributed by atoms with Gasteiger partial charge in [-0.3, -0.25) is 0 Å². The average Bonchev–Trinajstić information content (AvgIpc) is 2.23. The van der Waals surface area contributed by atoms with Crippen molar-refractivity contribution in [2.75, 3.05) is 0 Å². The fourth-order valence-corrected chi connectivity index (χ4v) is 1.72. The van der Waals surface area contributed by atoms with E-state index in [2.05, 4.69) is 12.1 Å². The van der Waals surface area contributed by atoms with Crippen molar-refractivity contribution in [1.29, 1.82) is 0 Å². The summed E-state index contributed by atoms with van der Waals surface area (Å²) in [6.45, 7) is 2.02. The van der Waals surface area contributed by atoms with E-state index >= 15 is 0 Å². The van der Waals surface area contributed by atoms with E-state index < -0.39 is 0 Å². The van der Waals surface area contributed by atoms with Gasteiger partial charge >= 0.3 is 0 Å². The highest BCUT2D eigenvalue weighted by atomic mass is 35.5. The van der Waals surface area contributed by atoms with Gasteiger partial charge in [0.1, 0.15) is 0 Å². The average molecular weight is 203 g/mol. The molecule has 0 radical (unpaired) electrons. The second kappa shape index (κ2) is 3.85. The number of halogens is 1. The normalized spacial score (nSPS) is 10.1. The van der Waals surface area contributed by atoms with Gasteiger partial charge in [0.05, 0.1) is 5.02 Å². The summed E-state index contributed by atoms with van der Waals surface area (Å²) in [4.78, 5) is 0.